The second-order valence-electron chi connectivity index (χ2n) is 7.03. The van der Waals surface area contributed by atoms with Gasteiger partial charge in [-0.1, -0.05) is 80.0 Å². The molecule has 0 amide bonds. The predicted octanol–water partition coefficient (Wildman–Crippen LogP) is 5.74. The first-order chi connectivity index (χ1) is 15.0. The quantitative estimate of drug-likeness (QED) is 0.482. The van der Waals surface area contributed by atoms with Crippen molar-refractivity contribution < 1.29 is 13.7 Å². The Morgan fingerprint density at radius 1 is 0.968 bits per heavy atom. The van der Waals surface area contributed by atoms with Gasteiger partial charge in [-0.25, -0.2) is 8.93 Å². The van der Waals surface area contributed by atoms with Crippen molar-refractivity contribution in [1.29, 1.82) is 0 Å². The molecular formula is C25H26ClNO3S. The number of methoxy groups -OCH3 is 1. The highest BCUT2D eigenvalue weighted by atomic mass is 35.5. The van der Waals surface area contributed by atoms with Crippen molar-refractivity contribution in [2.24, 2.45) is 0 Å². The number of ether oxygens (including phenoxy) is 1. The summed E-state index contributed by atoms with van der Waals surface area (Å²) in [6, 6.07) is 24.7. The van der Waals surface area contributed by atoms with Crippen molar-refractivity contribution >= 4 is 28.6 Å². The second-order valence-corrected chi connectivity index (χ2v) is 8.68. The molecule has 3 aromatic carbocycles. The Labute approximate surface area is 191 Å². The van der Waals surface area contributed by atoms with Gasteiger partial charge in [-0.2, -0.15) is 0 Å². The number of carbonyl (C=O) groups is 1. The third-order valence-electron chi connectivity index (χ3n) is 5.23. The molecule has 1 aliphatic carbocycles. The van der Waals surface area contributed by atoms with Crippen LogP contribution in [0.25, 0.3) is 11.1 Å². The molecule has 162 valence electrons. The van der Waals surface area contributed by atoms with Gasteiger partial charge in [-0.15, -0.1) is 0 Å². The summed E-state index contributed by atoms with van der Waals surface area (Å²) in [5.74, 6) is -0.453. The van der Waals surface area contributed by atoms with Crippen molar-refractivity contribution in [3.8, 4) is 11.1 Å². The van der Waals surface area contributed by atoms with Crippen LogP contribution < -0.4 is 4.72 Å². The maximum absolute atomic E-state index is 13.0. The first-order valence-electron chi connectivity index (χ1n) is 10.2. The highest BCUT2D eigenvalue weighted by Crippen LogP contribution is 2.52. The molecule has 31 heavy (non-hydrogen) atoms. The highest BCUT2D eigenvalue weighted by Gasteiger charge is 2.62. The van der Waals surface area contributed by atoms with Gasteiger partial charge in [-0.3, -0.25) is 4.79 Å². The van der Waals surface area contributed by atoms with Gasteiger partial charge in [0, 0.05) is 10.9 Å². The van der Waals surface area contributed by atoms with E-state index in [2.05, 4.69) is 4.72 Å². The largest absolute Gasteiger partial charge is 0.468 e. The molecular weight excluding hydrogens is 430 g/mol. The molecule has 4 rings (SSSR count). The van der Waals surface area contributed by atoms with Crippen LogP contribution in [0.4, 0.5) is 0 Å². The maximum atomic E-state index is 13.0. The van der Waals surface area contributed by atoms with E-state index in [0.29, 0.717) is 16.3 Å². The van der Waals surface area contributed by atoms with Crippen molar-refractivity contribution in [2.75, 3.05) is 7.11 Å². The zero-order valence-electron chi connectivity index (χ0n) is 17.8. The van der Waals surface area contributed by atoms with E-state index in [1.54, 1.807) is 12.1 Å². The van der Waals surface area contributed by atoms with Crippen molar-refractivity contribution in [3.63, 3.8) is 0 Å². The smallest absolute Gasteiger partial charge is 0.327 e. The lowest BCUT2D eigenvalue weighted by molar-refractivity contribution is -0.143. The lowest BCUT2D eigenvalue weighted by Gasteiger charge is -2.17. The standard InChI is InChI=1S/C23H20ClNO3S.C2H6/c1-28-22(26)23(15-21(23)18-5-3-2-4-6-18)25-29(27)20-13-9-17(10-14-20)16-7-11-19(24)12-8-16;1-2/h2-14,21,25H,15H2,1H3;1-2H3. The van der Waals surface area contributed by atoms with Gasteiger partial charge in [-0.05, 0) is 47.4 Å². The van der Waals surface area contributed by atoms with Crippen LogP contribution in [0.3, 0.4) is 0 Å². The molecule has 6 heteroatoms. The van der Waals surface area contributed by atoms with E-state index >= 15 is 0 Å². The zero-order chi connectivity index (χ0) is 22.4. The molecule has 1 fully saturated rings. The number of esters is 1. The second kappa shape index (κ2) is 10.2. The van der Waals surface area contributed by atoms with Crippen LogP contribution >= 0.6 is 11.6 Å². The minimum absolute atomic E-state index is 0.0616. The Morgan fingerprint density at radius 3 is 2.06 bits per heavy atom. The minimum atomic E-state index is -1.55. The number of rotatable bonds is 6. The van der Waals surface area contributed by atoms with Crippen molar-refractivity contribution in [2.45, 2.75) is 36.6 Å². The third-order valence-corrected chi connectivity index (χ3v) is 6.74. The van der Waals surface area contributed by atoms with Crippen LogP contribution in [-0.2, 0) is 20.5 Å². The number of benzene rings is 3. The lowest BCUT2D eigenvalue weighted by Crippen LogP contribution is -2.42. The monoisotopic (exact) mass is 455 g/mol. The summed E-state index contributed by atoms with van der Waals surface area (Å²) in [4.78, 5) is 13.1. The third kappa shape index (κ3) is 5.06. The molecule has 3 aromatic rings. The maximum Gasteiger partial charge on any atom is 0.327 e. The SMILES string of the molecule is CC.COC(=O)C1(NS(=O)c2ccc(-c3ccc(Cl)cc3)cc2)CC1c1ccccc1. The fraction of sp³-hybridized carbons (Fsp3) is 0.240. The van der Waals surface area contributed by atoms with Crippen molar-refractivity contribution in [3.05, 3.63) is 89.4 Å². The highest BCUT2D eigenvalue weighted by molar-refractivity contribution is 7.83. The molecule has 0 saturated heterocycles. The Morgan fingerprint density at radius 2 is 1.52 bits per heavy atom. The molecule has 1 N–H and O–H groups in total. The Kier molecular flexibility index (Phi) is 7.65. The van der Waals surface area contributed by atoms with E-state index in [4.69, 9.17) is 16.3 Å². The summed E-state index contributed by atoms with van der Waals surface area (Å²) in [6.07, 6.45) is 0.554. The summed E-state index contributed by atoms with van der Waals surface area (Å²) < 4.78 is 21.0. The van der Waals surface area contributed by atoms with Gasteiger partial charge < -0.3 is 4.74 Å². The first-order valence-corrected chi connectivity index (χ1v) is 11.8. The average molecular weight is 456 g/mol. The van der Waals surface area contributed by atoms with E-state index in [9.17, 15) is 9.00 Å². The molecule has 1 saturated carbocycles. The van der Waals surface area contributed by atoms with Crippen LogP contribution in [0, 0.1) is 0 Å². The van der Waals surface area contributed by atoms with E-state index in [0.717, 1.165) is 16.7 Å². The fourth-order valence-corrected chi connectivity index (χ4v) is 4.82. The molecule has 4 nitrogen and oxygen atoms in total. The van der Waals surface area contributed by atoms with Crippen molar-refractivity contribution in [1.82, 2.24) is 4.72 Å². The minimum Gasteiger partial charge on any atom is -0.468 e. The zero-order valence-corrected chi connectivity index (χ0v) is 19.4. The first kappa shape index (κ1) is 23.2. The number of carbonyl (C=O) groups excluding carboxylic acids is 1. The van der Waals surface area contributed by atoms with Gasteiger partial charge >= 0.3 is 5.97 Å². The summed E-state index contributed by atoms with van der Waals surface area (Å²) in [5.41, 5.74) is 2.09. The molecule has 3 unspecified atom stereocenters. The van der Waals surface area contributed by atoms with Crippen LogP contribution in [-0.4, -0.2) is 22.8 Å². The van der Waals surface area contributed by atoms with Crippen LogP contribution in [0.2, 0.25) is 5.02 Å². The lowest BCUT2D eigenvalue weighted by atomic mass is 10.1. The van der Waals surface area contributed by atoms with E-state index in [1.165, 1.54) is 7.11 Å². The van der Waals surface area contributed by atoms with E-state index in [1.807, 2.05) is 80.6 Å². The summed E-state index contributed by atoms with van der Waals surface area (Å²) in [5, 5.41) is 0.682. The number of hydrogen-bond acceptors (Lipinski definition) is 3. The van der Waals surface area contributed by atoms with Gasteiger partial charge in [0.25, 0.3) is 0 Å². The van der Waals surface area contributed by atoms with Crippen LogP contribution in [0.15, 0.2) is 83.8 Å². The molecule has 3 atom stereocenters. The fourth-order valence-electron chi connectivity index (χ4n) is 3.55. The molecule has 1 aliphatic rings. The number of nitrogens with one attached hydrogen (secondary N) is 1. The predicted molar refractivity (Wildman–Crippen MR) is 126 cm³/mol. The molecule has 0 spiro atoms. The Hall–Kier alpha value is -2.47. The molecule has 0 aliphatic heterocycles. The van der Waals surface area contributed by atoms with E-state index < -0.39 is 22.5 Å². The molecule has 0 bridgehead atoms. The summed E-state index contributed by atoms with van der Waals surface area (Å²) in [6.45, 7) is 4.00. The Bertz CT molecular complexity index is 1040. The average Bonchev–Trinajstić information content (AvgIpc) is 3.56. The van der Waals surface area contributed by atoms with Gasteiger partial charge in [0.05, 0.1) is 12.0 Å². The Balaban J connectivity index is 0.00000132. The van der Waals surface area contributed by atoms with Gasteiger partial charge in [0.2, 0.25) is 0 Å². The van der Waals surface area contributed by atoms with Crippen LogP contribution in [0.5, 0.6) is 0 Å². The molecule has 0 radical (unpaired) electrons. The topological polar surface area (TPSA) is 55.4 Å². The molecule has 0 aromatic heterocycles. The summed E-state index contributed by atoms with van der Waals surface area (Å²) in [7, 11) is -0.190. The van der Waals surface area contributed by atoms with E-state index in [-0.39, 0.29) is 5.92 Å². The van der Waals surface area contributed by atoms with Gasteiger partial charge in [0.1, 0.15) is 16.5 Å². The molecule has 0 heterocycles. The van der Waals surface area contributed by atoms with Gasteiger partial charge in [0.15, 0.2) is 0 Å². The summed E-state index contributed by atoms with van der Waals surface area (Å²) >= 11 is 5.94. The number of halogens is 1. The van der Waals surface area contributed by atoms with Crippen LogP contribution in [0.1, 0.15) is 31.7 Å². The number of hydrogen-bond donors (Lipinski definition) is 1. The normalized spacial score (nSPS) is 20.2.